The van der Waals surface area contributed by atoms with Crippen molar-refractivity contribution in [3.63, 3.8) is 0 Å². The molecule has 1 aromatic carbocycles. The van der Waals surface area contributed by atoms with E-state index in [9.17, 15) is 9.90 Å². The predicted octanol–water partition coefficient (Wildman–Crippen LogP) is 6.71. The molecule has 4 aromatic rings. The first kappa shape index (κ1) is 22.7. The molecule has 3 N–H and O–H groups in total. The fraction of sp³-hybridized carbons (Fsp3) is 0.208. The zero-order valence-electron chi connectivity index (χ0n) is 18.4. The maximum absolute atomic E-state index is 12.0. The number of aromatic nitrogens is 2. The molecule has 10 heteroatoms. The van der Waals surface area contributed by atoms with Crippen LogP contribution < -0.4 is 15.4 Å². The number of rotatable bonds is 7. The SMILES string of the molecule is Cc1csc(Nc2ncc(SC3c4scc(C)c4NCC3C(=O)O)cc2Oc2ccccc2)n1. The minimum absolute atomic E-state index is 0.223. The van der Waals surface area contributed by atoms with E-state index in [1.165, 1.54) is 23.1 Å². The number of anilines is 3. The van der Waals surface area contributed by atoms with Gasteiger partial charge in [-0.05, 0) is 43.0 Å². The molecule has 1 aliphatic rings. The Bertz CT molecular complexity index is 1320. The molecule has 0 spiro atoms. The van der Waals surface area contributed by atoms with E-state index in [-0.39, 0.29) is 5.25 Å². The number of para-hydroxylation sites is 1. The van der Waals surface area contributed by atoms with Gasteiger partial charge in [0, 0.05) is 27.9 Å². The molecule has 0 amide bonds. The summed E-state index contributed by atoms with van der Waals surface area (Å²) in [6, 6.07) is 11.4. The zero-order valence-corrected chi connectivity index (χ0v) is 20.9. The molecule has 2 atom stereocenters. The Kier molecular flexibility index (Phi) is 6.44. The van der Waals surface area contributed by atoms with Crippen LogP contribution in [0.2, 0.25) is 0 Å². The smallest absolute Gasteiger partial charge is 0.309 e. The van der Waals surface area contributed by atoms with Crippen LogP contribution in [-0.2, 0) is 4.79 Å². The van der Waals surface area contributed by atoms with Gasteiger partial charge in [0.2, 0.25) is 0 Å². The Hall–Kier alpha value is -3.08. The standard InChI is InChI=1S/C24H22N4O3S3/c1-13-11-32-21-19(13)25-10-17(23(29)30)20(21)34-16-8-18(31-15-6-4-3-5-7-15)22(26-9-16)28-24-27-14(2)12-33-24/h3-9,11-12,17,20,25H,10H2,1-2H3,(H,29,30)(H,26,27,28). The van der Waals surface area contributed by atoms with E-state index in [0.717, 1.165) is 31.8 Å². The van der Waals surface area contributed by atoms with Crippen LogP contribution in [0.25, 0.3) is 0 Å². The van der Waals surface area contributed by atoms with Crippen LogP contribution >= 0.6 is 34.4 Å². The molecule has 0 radical (unpaired) electrons. The Balaban J connectivity index is 1.49. The number of carboxylic acids is 1. The monoisotopic (exact) mass is 510 g/mol. The van der Waals surface area contributed by atoms with Crippen molar-refractivity contribution < 1.29 is 14.6 Å². The van der Waals surface area contributed by atoms with E-state index in [4.69, 9.17) is 4.74 Å². The summed E-state index contributed by atoms with van der Waals surface area (Å²) in [6.07, 6.45) is 1.76. The van der Waals surface area contributed by atoms with Gasteiger partial charge in [0.25, 0.3) is 0 Å². The van der Waals surface area contributed by atoms with Gasteiger partial charge in [-0.2, -0.15) is 0 Å². The Labute approximate surface area is 209 Å². The molecule has 3 aromatic heterocycles. The maximum atomic E-state index is 12.0. The van der Waals surface area contributed by atoms with Crippen LogP contribution in [0.4, 0.5) is 16.6 Å². The van der Waals surface area contributed by atoms with Crippen LogP contribution in [0.1, 0.15) is 21.4 Å². The number of thiazole rings is 1. The molecule has 7 nitrogen and oxygen atoms in total. The van der Waals surface area contributed by atoms with Crippen LogP contribution in [0.15, 0.2) is 58.3 Å². The highest BCUT2D eigenvalue weighted by Crippen LogP contribution is 2.50. The Morgan fingerprint density at radius 2 is 2.06 bits per heavy atom. The Morgan fingerprint density at radius 1 is 1.24 bits per heavy atom. The number of aliphatic carboxylic acids is 1. The Morgan fingerprint density at radius 3 is 2.79 bits per heavy atom. The summed E-state index contributed by atoms with van der Waals surface area (Å²) in [6.45, 7) is 4.37. The molecule has 0 fully saturated rings. The van der Waals surface area contributed by atoms with Gasteiger partial charge in [0.15, 0.2) is 16.7 Å². The van der Waals surface area contributed by atoms with E-state index in [1.54, 1.807) is 17.5 Å². The molecule has 0 bridgehead atoms. The summed E-state index contributed by atoms with van der Waals surface area (Å²) >= 11 is 4.60. The first-order valence-corrected chi connectivity index (χ1v) is 13.2. The van der Waals surface area contributed by atoms with Gasteiger partial charge in [-0.3, -0.25) is 4.79 Å². The van der Waals surface area contributed by atoms with Crippen molar-refractivity contribution in [2.75, 3.05) is 17.2 Å². The fourth-order valence-corrected chi connectivity index (χ4v) is 6.94. The number of thiophene rings is 1. The highest BCUT2D eigenvalue weighted by atomic mass is 32.2. The lowest BCUT2D eigenvalue weighted by Gasteiger charge is -2.29. The van der Waals surface area contributed by atoms with Crippen molar-refractivity contribution >= 4 is 57.0 Å². The minimum atomic E-state index is -0.812. The number of carboxylic acid groups (broad SMARTS) is 1. The molecule has 0 saturated carbocycles. The van der Waals surface area contributed by atoms with Gasteiger partial charge >= 0.3 is 5.97 Å². The number of pyridine rings is 1. The number of aryl methyl sites for hydroxylation is 2. The van der Waals surface area contributed by atoms with E-state index < -0.39 is 11.9 Å². The lowest BCUT2D eigenvalue weighted by atomic mass is 9.98. The topological polar surface area (TPSA) is 96.4 Å². The summed E-state index contributed by atoms with van der Waals surface area (Å²) < 4.78 is 6.18. The lowest BCUT2D eigenvalue weighted by Crippen LogP contribution is -2.31. The molecule has 174 valence electrons. The van der Waals surface area contributed by atoms with Crippen LogP contribution in [0.3, 0.4) is 0 Å². The average molecular weight is 511 g/mol. The second kappa shape index (κ2) is 9.65. The maximum Gasteiger partial charge on any atom is 0.309 e. The van der Waals surface area contributed by atoms with Crippen molar-refractivity contribution in [1.82, 2.24) is 9.97 Å². The highest BCUT2D eigenvalue weighted by Gasteiger charge is 2.37. The second-order valence-corrected chi connectivity index (χ2v) is 10.9. The van der Waals surface area contributed by atoms with Gasteiger partial charge < -0.3 is 20.5 Å². The van der Waals surface area contributed by atoms with E-state index >= 15 is 0 Å². The summed E-state index contributed by atoms with van der Waals surface area (Å²) in [7, 11) is 0. The average Bonchev–Trinajstić information content (AvgIpc) is 3.41. The van der Waals surface area contributed by atoms with Gasteiger partial charge in [0.05, 0.1) is 22.5 Å². The number of carbonyl (C=O) groups is 1. The van der Waals surface area contributed by atoms with Crippen LogP contribution in [-0.4, -0.2) is 27.6 Å². The van der Waals surface area contributed by atoms with Crippen molar-refractivity contribution in [3.8, 4) is 11.5 Å². The lowest BCUT2D eigenvalue weighted by molar-refractivity contribution is -0.141. The third-order valence-corrected chi connectivity index (χ3v) is 8.87. The number of benzene rings is 1. The molecule has 0 aliphatic carbocycles. The molecule has 0 saturated heterocycles. The summed E-state index contributed by atoms with van der Waals surface area (Å²) in [4.78, 5) is 23.0. The van der Waals surface area contributed by atoms with Gasteiger partial charge in [0.1, 0.15) is 5.75 Å². The van der Waals surface area contributed by atoms with Crippen molar-refractivity contribution in [2.45, 2.75) is 24.0 Å². The van der Waals surface area contributed by atoms with Gasteiger partial charge in [-0.1, -0.05) is 18.2 Å². The van der Waals surface area contributed by atoms with Crippen LogP contribution in [0, 0.1) is 19.8 Å². The van der Waals surface area contributed by atoms with Crippen LogP contribution in [0.5, 0.6) is 11.5 Å². The largest absolute Gasteiger partial charge is 0.481 e. The van der Waals surface area contributed by atoms with Gasteiger partial charge in [-0.25, -0.2) is 9.97 Å². The number of nitrogens with one attached hydrogen (secondary N) is 2. The molecule has 34 heavy (non-hydrogen) atoms. The number of hydrogen-bond acceptors (Lipinski definition) is 9. The van der Waals surface area contributed by atoms with Crippen molar-refractivity contribution in [3.05, 3.63) is 69.5 Å². The van der Waals surface area contributed by atoms with E-state index in [0.29, 0.717) is 23.9 Å². The van der Waals surface area contributed by atoms with Crippen molar-refractivity contribution in [2.24, 2.45) is 5.92 Å². The van der Waals surface area contributed by atoms with Gasteiger partial charge in [-0.15, -0.1) is 34.4 Å². The van der Waals surface area contributed by atoms with E-state index in [1.807, 2.05) is 55.6 Å². The molecular formula is C24H22N4O3S3. The molecule has 5 rings (SSSR count). The predicted molar refractivity (Wildman–Crippen MR) is 138 cm³/mol. The molecule has 2 unspecified atom stereocenters. The third kappa shape index (κ3) is 4.75. The van der Waals surface area contributed by atoms with Crippen molar-refractivity contribution in [1.29, 1.82) is 0 Å². The number of thioether (sulfide) groups is 1. The zero-order chi connectivity index (χ0) is 23.7. The summed E-state index contributed by atoms with van der Waals surface area (Å²) in [5.74, 6) is 0.423. The summed E-state index contributed by atoms with van der Waals surface area (Å²) in [5.41, 5.74) is 3.11. The second-order valence-electron chi connectivity index (χ2n) is 7.87. The molecular weight excluding hydrogens is 488 g/mol. The number of ether oxygens (including phenoxy) is 1. The highest BCUT2D eigenvalue weighted by molar-refractivity contribution is 7.99. The molecule has 4 heterocycles. The quantitative estimate of drug-likeness (QED) is 0.252. The molecule has 1 aliphatic heterocycles. The summed E-state index contributed by atoms with van der Waals surface area (Å²) in [5, 5.41) is 21.0. The van der Waals surface area contributed by atoms with E-state index in [2.05, 4.69) is 26.0 Å². The minimum Gasteiger partial charge on any atom is -0.481 e. The number of hydrogen-bond donors (Lipinski definition) is 3. The number of nitrogens with zero attached hydrogens (tertiary/aromatic N) is 2. The fourth-order valence-electron chi connectivity index (χ4n) is 3.69. The first-order valence-electron chi connectivity index (χ1n) is 10.6. The number of fused-ring (bicyclic) bond motifs is 1. The first-order chi connectivity index (χ1) is 16.5. The third-order valence-electron chi connectivity index (χ3n) is 5.35. The normalized spacial score (nSPS) is 17.0.